The molecule has 0 bridgehead atoms. The molecule has 1 saturated heterocycles. The standard InChI is InChI=1S/C15H16F3IN2/c16-15(17,18)13-4-2-1-3-12(13)11-21-9-6-14(19,5-8-20)7-10-21/h1-4H,5-7,9-11H2. The van der Waals surface area contributed by atoms with Crippen molar-refractivity contribution in [3.63, 3.8) is 0 Å². The molecule has 0 atom stereocenters. The van der Waals surface area contributed by atoms with Gasteiger partial charge in [0.1, 0.15) is 0 Å². The Bertz CT molecular complexity index is 528. The van der Waals surface area contributed by atoms with E-state index in [9.17, 15) is 13.2 Å². The van der Waals surface area contributed by atoms with E-state index in [1.54, 1.807) is 12.1 Å². The van der Waals surface area contributed by atoms with Crippen LogP contribution in [-0.4, -0.2) is 21.4 Å². The number of halogens is 4. The number of alkyl halides is 4. The molecular weight excluding hydrogens is 392 g/mol. The van der Waals surface area contributed by atoms with E-state index in [4.69, 9.17) is 5.26 Å². The Balaban J connectivity index is 2.04. The molecule has 0 spiro atoms. The molecule has 2 rings (SSSR count). The minimum Gasteiger partial charge on any atom is -0.299 e. The molecule has 0 saturated carbocycles. The smallest absolute Gasteiger partial charge is 0.299 e. The van der Waals surface area contributed by atoms with Gasteiger partial charge in [-0.2, -0.15) is 18.4 Å². The number of benzene rings is 1. The minimum absolute atomic E-state index is 0.0213. The lowest BCUT2D eigenvalue weighted by Gasteiger charge is -2.37. The molecule has 0 aromatic heterocycles. The molecule has 0 N–H and O–H groups in total. The fourth-order valence-electron chi connectivity index (χ4n) is 2.61. The molecule has 1 heterocycles. The van der Waals surface area contributed by atoms with Gasteiger partial charge in [-0.1, -0.05) is 40.8 Å². The van der Waals surface area contributed by atoms with Crippen LogP contribution in [0.15, 0.2) is 24.3 Å². The van der Waals surface area contributed by atoms with Crippen molar-refractivity contribution in [3.05, 3.63) is 35.4 Å². The number of hydrogen-bond acceptors (Lipinski definition) is 2. The van der Waals surface area contributed by atoms with Crippen LogP contribution in [0.2, 0.25) is 0 Å². The average molecular weight is 408 g/mol. The highest BCUT2D eigenvalue weighted by atomic mass is 127. The molecule has 6 heteroatoms. The van der Waals surface area contributed by atoms with Crippen molar-refractivity contribution in [2.45, 2.75) is 35.4 Å². The third-order valence-corrected chi connectivity index (χ3v) is 5.32. The molecule has 1 aliphatic heterocycles. The van der Waals surface area contributed by atoms with E-state index in [0.717, 1.165) is 32.0 Å². The van der Waals surface area contributed by atoms with E-state index >= 15 is 0 Å². The molecule has 21 heavy (non-hydrogen) atoms. The van der Waals surface area contributed by atoms with Crippen LogP contribution in [-0.2, 0) is 12.7 Å². The van der Waals surface area contributed by atoms with Gasteiger partial charge >= 0.3 is 6.18 Å². The molecule has 0 amide bonds. The van der Waals surface area contributed by atoms with E-state index < -0.39 is 11.7 Å². The van der Waals surface area contributed by atoms with Gasteiger partial charge in [-0.05, 0) is 37.6 Å². The van der Waals surface area contributed by atoms with Crippen molar-refractivity contribution in [1.29, 1.82) is 5.26 Å². The van der Waals surface area contributed by atoms with Crippen molar-refractivity contribution in [2.24, 2.45) is 0 Å². The number of nitrogens with zero attached hydrogens (tertiary/aromatic N) is 2. The van der Waals surface area contributed by atoms with Crippen LogP contribution in [0.25, 0.3) is 0 Å². The summed E-state index contributed by atoms with van der Waals surface area (Å²) in [4.78, 5) is 2.04. The molecule has 1 aromatic rings. The van der Waals surface area contributed by atoms with Gasteiger partial charge in [0.2, 0.25) is 0 Å². The van der Waals surface area contributed by atoms with Crippen LogP contribution < -0.4 is 0 Å². The van der Waals surface area contributed by atoms with Crippen LogP contribution in [0, 0.1) is 11.3 Å². The lowest BCUT2D eigenvalue weighted by atomic mass is 9.93. The zero-order valence-electron chi connectivity index (χ0n) is 11.5. The maximum Gasteiger partial charge on any atom is 0.416 e. The first-order chi connectivity index (χ1) is 9.84. The molecule has 2 nitrogen and oxygen atoms in total. The Hall–Kier alpha value is -0.810. The van der Waals surface area contributed by atoms with Gasteiger partial charge in [-0.3, -0.25) is 4.90 Å². The number of nitriles is 1. The first-order valence-corrected chi connectivity index (χ1v) is 7.85. The SMILES string of the molecule is N#CCC1(I)CCN(Cc2ccccc2C(F)(F)F)CC1. The van der Waals surface area contributed by atoms with E-state index in [1.165, 1.54) is 6.07 Å². The third kappa shape index (κ3) is 4.33. The fourth-order valence-corrected chi connectivity index (χ4v) is 3.26. The molecule has 0 unspecified atom stereocenters. The molecule has 1 fully saturated rings. The summed E-state index contributed by atoms with van der Waals surface area (Å²) in [5.74, 6) is 0. The zero-order chi connectivity index (χ0) is 15.5. The Morgan fingerprint density at radius 2 is 1.86 bits per heavy atom. The minimum atomic E-state index is -4.31. The van der Waals surface area contributed by atoms with Crippen molar-refractivity contribution in [2.75, 3.05) is 13.1 Å². The first kappa shape index (κ1) is 16.6. The van der Waals surface area contributed by atoms with Gasteiger partial charge in [0.25, 0.3) is 0 Å². The van der Waals surface area contributed by atoms with Crippen LogP contribution in [0.3, 0.4) is 0 Å². The molecular formula is C15H16F3IN2. The lowest BCUT2D eigenvalue weighted by molar-refractivity contribution is -0.138. The van der Waals surface area contributed by atoms with Crippen molar-refractivity contribution >= 4 is 22.6 Å². The second-order valence-electron chi connectivity index (χ2n) is 5.42. The predicted octanol–water partition coefficient (Wildman–Crippen LogP) is 4.39. The highest BCUT2D eigenvalue weighted by Crippen LogP contribution is 2.36. The molecule has 0 radical (unpaired) electrons. The predicted molar refractivity (Wildman–Crippen MR) is 82.9 cm³/mol. The van der Waals surface area contributed by atoms with Crippen molar-refractivity contribution in [3.8, 4) is 6.07 Å². The van der Waals surface area contributed by atoms with Crippen LogP contribution >= 0.6 is 22.6 Å². The number of rotatable bonds is 3. The number of piperidine rings is 1. The van der Waals surface area contributed by atoms with Crippen LogP contribution in [0.5, 0.6) is 0 Å². The van der Waals surface area contributed by atoms with Gasteiger partial charge < -0.3 is 0 Å². The van der Waals surface area contributed by atoms with Crippen molar-refractivity contribution in [1.82, 2.24) is 4.90 Å². The zero-order valence-corrected chi connectivity index (χ0v) is 13.6. The highest BCUT2D eigenvalue weighted by molar-refractivity contribution is 14.1. The first-order valence-electron chi connectivity index (χ1n) is 6.77. The Morgan fingerprint density at radius 1 is 1.24 bits per heavy atom. The lowest BCUT2D eigenvalue weighted by Crippen LogP contribution is -2.40. The largest absolute Gasteiger partial charge is 0.416 e. The quantitative estimate of drug-likeness (QED) is 0.548. The third-order valence-electron chi connectivity index (χ3n) is 3.86. The number of likely N-dealkylation sites (tertiary alicyclic amines) is 1. The summed E-state index contributed by atoms with van der Waals surface area (Å²) in [5.41, 5.74) is -0.223. The maximum absolute atomic E-state index is 13.0. The fraction of sp³-hybridized carbons (Fsp3) is 0.533. The number of hydrogen-bond donors (Lipinski definition) is 0. The van der Waals surface area contributed by atoms with Gasteiger partial charge in [0, 0.05) is 16.4 Å². The van der Waals surface area contributed by atoms with Crippen LogP contribution in [0.4, 0.5) is 13.2 Å². The molecule has 1 aromatic carbocycles. The van der Waals surface area contributed by atoms with E-state index in [0.29, 0.717) is 18.5 Å². The monoisotopic (exact) mass is 408 g/mol. The van der Waals surface area contributed by atoms with Crippen molar-refractivity contribution < 1.29 is 13.2 Å². The molecule has 1 aliphatic rings. The molecule has 114 valence electrons. The summed E-state index contributed by atoms with van der Waals surface area (Å²) in [6.45, 7) is 1.78. The Labute approximate surface area is 136 Å². The summed E-state index contributed by atoms with van der Waals surface area (Å²) >= 11 is 2.32. The second kappa shape index (κ2) is 6.53. The Kier molecular flexibility index (Phi) is 5.15. The summed E-state index contributed by atoms with van der Waals surface area (Å²) in [6, 6.07) is 7.95. The van der Waals surface area contributed by atoms with Gasteiger partial charge in [0.05, 0.1) is 11.6 Å². The highest BCUT2D eigenvalue weighted by Gasteiger charge is 2.35. The normalized spacial score (nSPS) is 19.2. The van der Waals surface area contributed by atoms with Gasteiger partial charge in [0.15, 0.2) is 0 Å². The van der Waals surface area contributed by atoms with E-state index in [2.05, 4.69) is 28.7 Å². The van der Waals surface area contributed by atoms with E-state index in [-0.39, 0.29) is 3.42 Å². The maximum atomic E-state index is 13.0. The van der Waals surface area contributed by atoms with Gasteiger partial charge in [-0.25, -0.2) is 0 Å². The average Bonchev–Trinajstić information content (AvgIpc) is 2.41. The molecule has 0 aliphatic carbocycles. The second-order valence-corrected chi connectivity index (χ2v) is 7.71. The Morgan fingerprint density at radius 3 is 2.43 bits per heavy atom. The summed E-state index contributed by atoms with van der Waals surface area (Å²) < 4.78 is 38.9. The van der Waals surface area contributed by atoms with Gasteiger partial charge in [-0.15, -0.1) is 0 Å². The topological polar surface area (TPSA) is 27.0 Å². The summed E-state index contributed by atoms with van der Waals surface area (Å²) in [6.07, 6.45) is -2.12. The van der Waals surface area contributed by atoms with E-state index in [1.807, 2.05) is 4.90 Å². The van der Waals surface area contributed by atoms with Crippen LogP contribution in [0.1, 0.15) is 30.4 Å². The summed E-state index contributed by atoms with van der Waals surface area (Å²) in [5, 5.41) is 8.82. The summed E-state index contributed by atoms with van der Waals surface area (Å²) in [7, 11) is 0.